The maximum atomic E-state index is 12.6. The van der Waals surface area contributed by atoms with E-state index in [9.17, 15) is 19.2 Å². The predicted molar refractivity (Wildman–Crippen MR) is 109 cm³/mol. The smallest absolute Gasteiger partial charge is 0.329 e. The number of ether oxygens (including phenoxy) is 1. The summed E-state index contributed by atoms with van der Waals surface area (Å²) in [5, 5.41) is 5.34. The first kappa shape index (κ1) is 24.4. The summed E-state index contributed by atoms with van der Waals surface area (Å²) >= 11 is 0. The number of carbonyl (C=O) groups excluding carboxylic acids is 4. The zero-order chi connectivity index (χ0) is 21.9. The summed E-state index contributed by atoms with van der Waals surface area (Å²) < 4.78 is 5.57. The number of unbranched alkanes of at least 4 members (excludes halogenated alkanes) is 2. The Morgan fingerprint density at radius 1 is 1.00 bits per heavy atom. The lowest BCUT2D eigenvalue weighted by Crippen LogP contribution is -2.45. The van der Waals surface area contributed by atoms with Gasteiger partial charge in [-0.3, -0.25) is 24.2 Å². The molecule has 1 aliphatic heterocycles. The van der Waals surface area contributed by atoms with E-state index in [1.165, 1.54) is 22.0 Å². The van der Waals surface area contributed by atoms with Crippen molar-refractivity contribution in [2.24, 2.45) is 0 Å². The Balaban J connectivity index is 2.36. The molecule has 0 unspecified atom stereocenters. The highest BCUT2D eigenvalue weighted by atomic mass is 16.5. The Labute approximate surface area is 172 Å². The highest BCUT2D eigenvalue weighted by Gasteiger charge is 2.50. The Hall–Kier alpha value is -2.68. The summed E-state index contributed by atoms with van der Waals surface area (Å²) in [5.74, 6) is -0.712. The fourth-order valence-corrected chi connectivity index (χ4v) is 2.78. The topological polar surface area (TPSA) is 108 Å². The number of hydrogen-bond donors (Lipinski definition) is 2. The first-order valence-electron chi connectivity index (χ1n) is 9.77. The molecule has 0 aliphatic carbocycles. The van der Waals surface area contributed by atoms with Crippen LogP contribution in [-0.2, 0) is 19.1 Å². The van der Waals surface area contributed by atoms with E-state index in [1.807, 2.05) is 0 Å². The van der Waals surface area contributed by atoms with Crippen molar-refractivity contribution < 1.29 is 23.9 Å². The molecule has 0 saturated carbocycles. The van der Waals surface area contributed by atoms with E-state index in [4.69, 9.17) is 4.74 Å². The average Bonchev–Trinajstić information content (AvgIpc) is 2.85. The van der Waals surface area contributed by atoms with Crippen LogP contribution in [0, 0.1) is 0 Å². The first-order valence-corrected chi connectivity index (χ1v) is 9.77. The Bertz CT molecular complexity index is 632. The van der Waals surface area contributed by atoms with Crippen molar-refractivity contribution in [3.05, 3.63) is 25.3 Å². The van der Waals surface area contributed by atoms with E-state index in [2.05, 4.69) is 23.8 Å². The Morgan fingerprint density at radius 3 is 2.10 bits per heavy atom. The summed E-state index contributed by atoms with van der Waals surface area (Å²) in [6.07, 6.45) is 5.12. The normalized spacial score (nSPS) is 15.4. The molecule has 29 heavy (non-hydrogen) atoms. The number of amides is 5. The molecular weight excluding hydrogens is 376 g/mol. The lowest BCUT2D eigenvalue weighted by molar-refractivity contribution is -0.133. The van der Waals surface area contributed by atoms with Gasteiger partial charge in [0.25, 0.3) is 5.91 Å². The molecule has 0 aromatic carbocycles. The number of urea groups is 1. The van der Waals surface area contributed by atoms with Crippen LogP contribution in [0.25, 0.3) is 0 Å². The monoisotopic (exact) mass is 408 g/mol. The second-order valence-corrected chi connectivity index (χ2v) is 7.17. The van der Waals surface area contributed by atoms with Crippen molar-refractivity contribution in [1.29, 1.82) is 0 Å². The van der Waals surface area contributed by atoms with Gasteiger partial charge in [-0.25, -0.2) is 4.79 Å². The minimum atomic E-state index is -0.966. The third-order valence-corrected chi connectivity index (χ3v) is 4.62. The maximum Gasteiger partial charge on any atom is 0.329 e. The van der Waals surface area contributed by atoms with Gasteiger partial charge in [-0.2, -0.15) is 0 Å². The van der Waals surface area contributed by atoms with Crippen LogP contribution in [0.15, 0.2) is 25.3 Å². The molecule has 9 nitrogen and oxygen atoms in total. The molecule has 0 bridgehead atoms. The number of hydrogen-bond acceptors (Lipinski definition) is 5. The molecule has 5 amide bonds. The first-order chi connectivity index (χ1) is 13.8. The van der Waals surface area contributed by atoms with E-state index < -0.39 is 5.54 Å². The molecule has 1 heterocycles. The lowest BCUT2D eigenvalue weighted by atomic mass is 10.0. The molecule has 0 aromatic heterocycles. The molecule has 0 spiro atoms. The van der Waals surface area contributed by atoms with Crippen LogP contribution in [0.3, 0.4) is 0 Å². The minimum absolute atomic E-state index is 0.0302. The molecule has 1 aliphatic rings. The van der Waals surface area contributed by atoms with Gasteiger partial charge in [0, 0.05) is 26.2 Å². The number of nitrogens with one attached hydrogen (secondary N) is 2. The highest BCUT2D eigenvalue weighted by Crippen LogP contribution is 2.27. The molecule has 162 valence electrons. The van der Waals surface area contributed by atoms with Gasteiger partial charge in [-0.05, 0) is 51.7 Å². The third-order valence-electron chi connectivity index (χ3n) is 4.62. The summed E-state index contributed by atoms with van der Waals surface area (Å²) in [5.41, 5.74) is -0.966. The van der Waals surface area contributed by atoms with Crippen LogP contribution in [-0.4, -0.2) is 72.1 Å². The van der Waals surface area contributed by atoms with Gasteiger partial charge in [-0.15, -0.1) is 0 Å². The fourth-order valence-electron chi connectivity index (χ4n) is 2.78. The number of rotatable bonds is 14. The molecule has 0 radical (unpaired) electrons. The maximum absolute atomic E-state index is 12.6. The molecule has 1 saturated heterocycles. The Kier molecular flexibility index (Phi) is 10.1. The second kappa shape index (κ2) is 12.0. The summed E-state index contributed by atoms with van der Waals surface area (Å²) in [7, 11) is 0. The van der Waals surface area contributed by atoms with E-state index in [1.54, 1.807) is 13.8 Å². The fraction of sp³-hybridized carbons (Fsp3) is 0.600. The quantitative estimate of drug-likeness (QED) is 0.255. The van der Waals surface area contributed by atoms with Crippen molar-refractivity contribution >= 4 is 23.8 Å². The van der Waals surface area contributed by atoms with Gasteiger partial charge in [0.15, 0.2) is 0 Å². The van der Waals surface area contributed by atoms with E-state index in [0.717, 1.165) is 6.42 Å². The molecule has 1 rings (SSSR count). The van der Waals surface area contributed by atoms with Gasteiger partial charge in [0.1, 0.15) is 12.3 Å². The molecule has 0 atom stereocenters. The molecular formula is C20H32N4O5. The van der Waals surface area contributed by atoms with E-state index in [0.29, 0.717) is 45.5 Å². The van der Waals surface area contributed by atoms with Crippen molar-refractivity contribution in [2.75, 3.05) is 33.0 Å². The number of nitrogens with zero attached hydrogens (tertiary/aromatic N) is 2. The average molecular weight is 408 g/mol. The van der Waals surface area contributed by atoms with Crippen LogP contribution in [0.2, 0.25) is 0 Å². The van der Waals surface area contributed by atoms with Crippen molar-refractivity contribution in [3.63, 3.8) is 0 Å². The van der Waals surface area contributed by atoms with E-state index in [-0.39, 0.29) is 30.5 Å². The minimum Gasteiger partial charge on any atom is -0.361 e. The predicted octanol–water partition coefficient (Wildman–Crippen LogP) is 1.17. The van der Waals surface area contributed by atoms with Crippen molar-refractivity contribution in [2.45, 2.75) is 45.1 Å². The third kappa shape index (κ3) is 7.34. The van der Waals surface area contributed by atoms with Crippen LogP contribution in [0.5, 0.6) is 0 Å². The molecule has 0 aromatic rings. The van der Waals surface area contributed by atoms with Gasteiger partial charge in [0.05, 0.1) is 0 Å². The van der Waals surface area contributed by atoms with Gasteiger partial charge in [0.2, 0.25) is 11.8 Å². The summed E-state index contributed by atoms with van der Waals surface area (Å²) in [6.45, 7) is 11.9. The lowest BCUT2D eigenvalue weighted by Gasteiger charge is -2.27. The van der Waals surface area contributed by atoms with Crippen LogP contribution in [0.4, 0.5) is 4.79 Å². The van der Waals surface area contributed by atoms with Crippen molar-refractivity contribution in [1.82, 2.24) is 20.4 Å². The van der Waals surface area contributed by atoms with Crippen molar-refractivity contribution in [3.8, 4) is 0 Å². The standard InChI is InChI=1S/C20H32N4O5/c1-5-16(25)21-11-7-9-13-23-18(27)20(3,4)24(19(23)28)15-29-14-10-8-12-22-17(26)6-2/h5-6H,1-2,7-15H2,3-4H3,(H,21,25)(H,22,26). The Morgan fingerprint density at radius 2 is 1.55 bits per heavy atom. The zero-order valence-corrected chi connectivity index (χ0v) is 17.4. The molecule has 9 heteroatoms. The molecule has 1 fully saturated rings. The van der Waals surface area contributed by atoms with Gasteiger partial charge >= 0.3 is 6.03 Å². The highest BCUT2D eigenvalue weighted by molar-refractivity contribution is 6.06. The van der Waals surface area contributed by atoms with Gasteiger partial charge in [-0.1, -0.05) is 13.2 Å². The summed E-state index contributed by atoms with van der Waals surface area (Å²) in [6, 6.07) is -0.367. The summed E-state index contributed by atoms with van der Waals surface area (Å²) in [4.78, 5) is 50.0. The second-order valence-electron chi connectivity index (χ2n) is 7.17. The molecule has 2 N–H and O–H groups in total. The van der Waals surface area contributed by atoms with Crippen LogP contribution in [0.1, 0.15) is 39.5 Å². The largest absolute Gasteiger partial charge is 0.361 e. The van der Waals surface area contributed by atoms with Crippen LogP contribution < -0.4 is 10.6 Å². The zero-order valence-electron chi connectivity index (χ0n) is 17.4. The van der Waals surface area contributed by atoms with Crippen LogP contribution >= 0.6 is 0 Å². The van der Waals surface area contributed by atoms with E-state index >= 15 is 0 Å². The van der Waals surface area contributed by atoms with Gasteiger partial charge < -0.3 is 15.4 Å². The SMILES string of the molecule is C=CC(=O)NCCCCOCN1C(=O)N(CCCCNC(=O)C=C)C(=O)C1(C)C. The number of imide groups is 1. The number of carbonyl (C=O) groups is 4.